The summed E-state index contributed by atoms with van der Waals surface area (Å²) in [4.78, 5) is 24.8. The van der Waals surface area contributed by atoms with E-state index < -0.39 is 12.2 Å². The van der Waals surface area contributed by atoms with Crippen molar-refractivity contribution in [3.05, 3.63) is 48.7 Å². The quantitative estimate of drug-likeness (QED) is 0.459. The van der Waals surface area contributed by atoms with Crippen molar-refractivity contribution in [2.75, 3.05) is 26.8 Å². The number of hydrogen-bond donors (Lipinski definition) is 3. The lowest BCUT2D eigenvalue weighted by Gasteiger charge is -2.50. The highest BCUT2D eigenvalue weighted by Gasteiger charge is 2.42. The summed E-state index contributed by atoms with van der Waals surface area (Å²) in [6.07, 6.45) is 4.91. The average molecular weight is 460 g/mol. The summed E-state index contributed by atoms with van der Waals surface area (Å²) in [7, 11) is 1.66. The molecule has 180 valence electrons. The van der Waals surface area contributed by atoms with Crippen molar-refractivity contribution in [1.29, 1.82) is 0 Å². The first-order valence-corrected chi connectivity index (χ1v) is 10.9. The second-order valence-electron chi connectivity index (χ2n) is 7.83. The van der Waals surface area contributed by atoms with Gasteiger partial charge in [0.15, 0.2) is 0 Å². The summed E-state index contributed by atoms with van der Waals surface area (Å²) in [6, 6.07) is 7.96. The van der Waals surface area contributed by atoms with Crippen molar-refractivity contribution in [1.82, 2.24) is 9.88 Å². The van der Waals surface area contributed by atoms with E-state index in [-0.39, 0.29) is 12.5 Å². The smallest absolute Gasteiger partial charge is 0.404 e. The molecule has 0 aliphatic carbocycles. The maximum Gasteiger partial charge on any atom is 0.404 e. The molecule has 0 radical (unpaired) electrons. The molecule has 0 saturated carbocycles. The molecule has 3 fully saturated rings. The normalized spacial score (nSPS) is 23.7. The van der Waals surface area contributed by atoms with Crippen molar-refractivity contribution < 1.29 is 29.3 Å². The van der Waals surface area contributed by atoms with Gasteiger partial charge in [-0.05, 0) is 68.0 Å². The Balaban J connectivity index is 0.000000369. The number of aromatic nitrogens is 1. The predicted octanol–water partition coefficient (Wildman–Crippen LogP) is 2.98. The fourth-order valence-electron chi connectivity index (χ4n) is 4.59. The molecule has 5 atom stereocenters. The van der Waals surface area contributed by atoms with Gasteiger partial charge >= 0.3 is 6.09 Å². The Morgan fingerprint density at radius 3 is 2.67 bits per heavy atom. The summed E-state index contributed by atoms with van der Waals surface area (Å²) in [5, 5.41) is 19.0. The second-order valence-corrected chi connectivity index (χ2v) is 7.83. The van der Waals surface area contributed by atoms with E-state index in [9.17, 15) is 9.90 Å². The number of aliphatic hydroxyl groups is 1. The number of piperidine rings is 3. The van der Waals surface area contributed by atoms with Crippen molar-refractivity contribution in [2.24, 2.45) is 17.6 Å². The highest BCUT2D eigenvalue weighted by atomic mass is 16.5. The summed E-state index contributed by atoms with van der Waals surface area (Å²) < 4.78 is 9.53. The van der Waals surface area contributed by atoms with Crippen LogP contribution in [0.2, 0.25) is 0 Å². The molecule has 0 spiro atoms. The number of methoxy groups -OCH3 is 1. The Hall–Kier alpha value is -3.17. The topological polar surface area (TPSA) is 135 Å². The first-order chi connectivity index (χ1) is 15.9. The van der Waals surface area contributed by atoms with E-state index in [1.54, 1.807) is 20.2 Å². The van der Waals surface area contributed by atoms with Crippen LogP contribution < -0.4 is 10.5 Å². The van der Waals surface area contributed by atoms with Crippen LogP contribution in [0.15, 0.2) is 43.1 Å². The van der Waals surface area contributed by atoms with Crippen molar-refractivity contribution in [3.8, 4) is 5.75 Å². The lowest BCUT2D eigenvalue weighted by atomic mass is 9.73. The Kier molecular flexibility index (Phi) is 10.1. The van der Waals surface area contributed by atoms with E-state index in [2.05, 4.69) is 33.0 Å². The van der Waals surface area contributed by atoms with Gasteiger partial charge in [-0.2, -0.15) is 0 Å². The van der Waals surface area contributed by atoms with Crippen LogP contribution in [-0.2, 0) is 9.53 Å². The highest BCUT2D eigenvalue weighted by Crippen LogP contribution is 2.42. The van der Waals surface area contributed by atoms with Gasteiger partial charge in [0.2, 0.25) is 0 Å². The maximum atomic E-state index is 11.2. The third kappa shape index (κ3) is 6.66. The maximum absolute atomic E-state index is 11.2. The Morgan fingerprint density at radius 2 is 2.15 bits per heavy atom. The molecule has 1 aromatic carbocycles. The molecule has 1 amide bonds. The number of nitrogens with two attached hydrogens (primary N) is 1. The number of ether oxygens (including phenoxy) is 2. The molecule has 1 aromatic heterocycles. The van der Waals surface area contributed by atoms with E-state index >= 15 is 0 Å². The number of benzene rings is 1. The van der Waals surface area contributed by atoms with Crippen molar-refractivity contribution in [2.45, 2.75) is 31.9 Å². The van der Waals surface area contributed by atoms with Crippen LogP contribution in [-0.4, -0.2) is 65.5 Å². The minimum absolute atomic E-state index is 0.178. The zero-order valence-electron chi connectivity index (χ0n) is 19.1. The molecule has 2 aromatic rings. The molecular formula is C24H33N3O6. The van der Waals surface area contributed by atoms with Crippen LogP contribution in [0.1, 0.15) is 31.4 Å². The fourth-order valence-corrected chi connectivity index (χ4v) is 4.59. The molecule has 3 aliphatic rings. The van der Waals surface area contributed by atoms with E-state index in [0.717, 1.165) is 41.7 Å². The number of pyridine rings is 1. The number of carbonyl (C=O) groups excluding carboxylic acids is 1. The molecule has 3 saturated heterocycles. The van der Waals surface area contributed by atoms with Gasteiger partial charge < -0.3 is 25.4 Å². The highest BCUT2D eigenvalue weighted by molar-refractivity contribution is 5.84. The number of carbonyl (C=O) groups is 2. The minimum atomic E-state index is -0.711. The lowest BCUT2D eigenvalue weighted by Crippen LogP contribution is -2.54. The number of fused-ring (bicyclic) bond motifs is 4. The summed E-state index contributed by atoms with van der Waals surface area (Å²) in [5.41, 5.74) is 6.39. The zero-order chi connectivity index (χ0) is 24.4. The van der Waals surface area contributed by atoms with Crippen LogP contribution in [0.5, 0.6) is 5.75 Å². The van der Waals surface area contributed by atoms with Gasteiger partial charge in [-0.3, -0.25) is 14.7 Å². The zero-order valence-corrected chi connectivity index (χ0v) is 19.1. The number of rotatable bonds is 5. The van der Waals surface area contributed by atoms with Gasteiger partial charge in [-0.25, -0.2) is 4.79 Å². The molecule has 5 unspecified atom stereocenters. The van der Waals surface area contributed by atoms with Gasteiger partial charge in [0.25, 0.3) is 6.47 Å². The third-order valence-electron chi connectivity index (χ3n) is 6.11. The summed E-state index contributed by atoms with van der Waals surface area (Å²) in [6.45, 7) is 7.87. The fraction of sp³-hybridized carbons (Fsp3) is 0.458. The predicted molar refractivity (Wildman–Crippen MR) is 125 cm³/mol. The molecule has 4 heterocycles. The van der Waals surface area contributed by atoms with Crippen LogP contribution in [0.25, 0.3) is 10.9 Å². The lowest BCUT2D eigenvalue weighted by molar-refractivity contribution is -0.122. The van der Waals surface area contributed by atoms with Gasteiger partial charge in [-0.1, -0.05) is 6.08 Å². The van der Waals surface area contributed by atoms with E-state index in [0.29, 0.717) is 18.4 Å². The van der Waals surface area contributed by atoms with Crippen molar-refractivity contribution in [3.63, 3.8) is 0 Å². The van der Waals surface area contributed by atoms with E-state index in [1.165, 1.54) is 6.42 Å². The van der Waals surface area contributed by atoms with Crippen molar-refractivity contribution >= 4 is 23.5 Å². The molecule has 9 heteroatoms. The monoisotopic (exact) mass is 459 g/mol. The molecule has 33 heavy (non-hydrogen) atoms. The van der Waals surface area contributed by atoms with Crippen LogP contribution in [0, 0.1) is 11.8 Å². The van der Waals surface area contributed by atoms with Gasteiger partial charge in [0.05, 0.1) is 25.3 Å². The first kappa shape index (κ1) is 26.1. The van der Waals surface area contributed by atoms with Crippen LogP contribution >= 0.6 is 0 Å². The van der Waals surface area contributed by atoms with Gasteiger partial charge in [-0.15, -0.1) is 6.58 Å². The Labute approximate surface area is 193 Å². The molecule has 2 bridgehead atoms. The molecule has 3 aliphatic heterocycles. The number of carboxylic acid groups (broad SMARTS) is 1. The number of aliphatic hydroxyl groups excluding tert-OH is 1. The Bertz CT molecular complexity index is 938. The van der Waals surface area contributed by atoms with E-state index in [4.69, 9.17) is 14.6 Å². The molecule has 9 nitrogen and oxygen atoms in total. The number of primary amides is 1. The SMILES string of the molecule is C=CC1CN2CCC1CC2C(O)c1ccnc2ccc(OC)cc12.CCOC(N)=O.O=CO. The van der Waals surface area contributed by atoms with Gasteiger partial charge in [0.1, 0.15) is 5.75 Å². The van der Waals surface area contributed by atoms with Crippen LogP contribution in [0.4, 0.5) is 4.79 Å². The summed E-state index contributed by atoms with van der Waals surface area (Å²) >= 11 is 0. The Morgan fingerprint density at radius 1 is 1.42 bits per heavy atom. The third-order valence-corrected chi connectivity index (χ3v) is 6.11. The first-order valence-electron chi connectivity index (χ1n) is 10.9. The minimum Gasteiger partial charge on any atom is -0.497 e. The largest absolute Gasteiger partial charge is 0.497 e. The molecule has 4 N–H and O–H groups in total. The average Bonchev–Trinajstić information content (AvgIpc) is 2.83. The number of amides is 1. The number of nitrogens with zero attached hydrogens (tertiary/aromatic N) is 2. The second kappa shape index (κ2) is 12.8. The van der Waals surface area contributed by atoms with Crippen LogP contribution in [0.3, 0.4) is 0 Å². The molecule has 5 rings (SSSR count). The summed E-state index contributed by atoms with van der Waals surface area (Å²) in [5.74, 6) is 2.01. The van der Waals surface area contributed by atoms with Gasteiger partial charge in [0, 0.05) is 24.2 Å². The van der Waals surface area contributed by atoms with E-state index in [1.807, 2.05) is 24.3 Å². The standard InChI is InChI=1S/C20H24N2O2.C3H7NO2.CH2O2/c1-3-13-12-22-9-7-14(13)10-19(22)20(23)16-6-8-21-18-5-4-15(24-2)11-17(16)18;1-2-6-3(4)5;2-1-3/h3-6,8,11,13-14,19-20,23H,1,7,9-10,12H2,2H3;2H2,1H3,(H2,4,5);1H,(H,2,3). The molecular weight excluding hydrogens is 426 g/mol. The number of hydrogen-bond acceptors (Lipinski definition) is 7.